The lowest BCUT2D eigenvalue weighted by molar-refractivity contribution is -0.141. The lowest BCUT2D eigenvalue weighted by atomic mass is 10.1. The van der Waals surface area contributed by atoms with Crippen molar-refractivity contribution in [2.24, 2.45) is 5.92 Å². The van der Waals surface area contributed by atoms with Crippen LogP contribution in [0.4, 0.5) is 0 Å². The number of carbonyl (C=O) groups excluding carboxylic acids is 1. The smallest absolute Gasteiger partial charge is 0.308 e. The Hall–Kier alpha value is -2.35. The fourth-order valence-electron chi connectivity index (χ4n) is 2.05. The minimum atomic E-state index is -0.934. The maximum absolute atomic E-state index is 11.6. The first-order valence-corrected chi connectivity index (χ1v) is 5.60. The molecule has 18 heavy (non-hydrogen) atoms. The molecule has 0 aliphatic carbocycles. The summed E-state index contributed by atoms with van der Waals surface area (Å²) < 4.78 is 0. The Bertz CT molecular complexity index is 533. The molecule has 1 heterocycles. The third-order valence-electron chi connectivity index (χ3n) is 2.99. The number of carbonyl (C=O) groups is 2. The molecule has 92 valence electrons. The molecule has 5 heteroatoms. The lowest BCUT2D eigenvalue weighted by Gasteiger charge is -2.16. The Morgan fingerprint density at radius 2 is 2.33 bits per heavy atom. The zero-order valence-corrected chi connectivity index (χ0v) is 9.67. The van der Waals surface area contributed by atoms with Crippen LogP contribution in [0.1, 0.15) is 17.5 Å². The summed E-state index contributed by atoms with van der Waals surface area (Å²) in [6, 6.07) is 9.01. The Morgan fingerprint density at radius 3 is 2.94 bits per heavy atom. The molecule has 1 aliphatic rings. The fourth-order valence-corrected chi connectivity index (χ4v) is 2.05. The van der Waals surface area contributed by atoms with Crippen molar-refractivity contribution >= 4 is 11.9 Å². The van der Waals surface area contributed by atoms with E-state index < -0.39 is 11.9 Å². The normalized spacial score (nSPS) is 18.7. The van der Waals surface area contributed by atoms with Crippen molar-refractivity contribution in [3.8, 4) is 6.07 Å². The maximum atomic E-state index is 11.6. The van der Waals surface area contributed by atoms with Crippen LogP contribution in [0.3, 0.4) is 0 Å². The molecule has 5 nitrogen and oxygen atoms in total. The van der Waals surface area contributed by atoms with E-state index in [0.717, 1.165) is 5.56 Å². The van der Waals surface area contributed by atoms with Crippen LogP contribution in [0.25, 0.3) is 0 Å². The van der Waals surface area contributed by atoms with E-state index in [4.69, 9.17) is 10.4 Å². The van der Waals surface area contributed by atoms with E-state index in [1.54, 1.807) is 18.2 Å². The van der Waals surface area contributed by atoms with Crippen LogP contribution in [0.5, 0.6) is 0 Å². The number of likely N-dealkylation sites (tertiary alicyclic amines) is 1. The molecule has 0 aromatic heterocycles. The van der Waals surface area contributed by atoms with E-state index in [1.165, 1.54) is 4.90 Å². The second-order valence-corrected chi connectivity index (χ2v) is 4.33. The number of nitrogens with zero attached hydrogens (tertiary/aromatic N) is 2. The molecule has 1 aromatic rings. The average Bonchev–Trinajstić information content (AvgIpc) is 2.71. The molecule has 0 radical (unpaired) electrons. The largest absolute Gasteiger partial charge is 0.481 e. The lowest BCUT2D eigenvalue weighted by Crippen LogP contribution is -2.25. The van der Waals surface area contributed by atoms with E-state index in [1.807, 2.05) is 12.1 Å². The third-order valence-corrected chi connectivity index (χ3v) is 2.99. The van der Waals surface area contributed by atoms with Gasteiger partial charge >= 0.3 is 5.97 Å². The van der Waals surface area contributed by atoms with Crippen LogP contribution < -0.4 is 0 Å². The zero-order valence-electron chi connectivity index (χ0n) is 9.67. The molecule has 1 aliphatic heterocycles. The predicted octanol–water partition coefficient (Wildman–Crippen LogP) is 0.991. The highest BCUT2D eigenvalue weighted by Crippen LogP contribution is 2.20. The Kier molecular flexibility index (Phi) is 3.28. The summed E-state index contributed by atoms with van der Waals surface area (Å²) in [7, 11) is 0. The van der Waals surface area contributed by atoms with Gasteiger partial charge in [-0.25, -0.2) is 0 Å². The number of carboxylic acids is 1. The highest BCUT2D eigenvalue weighted by Gasteiger charge is 2.33. The standard InChI is InChI=1S/C13H12N2O3/c14-6-9-2-1-3-10(4-9)7-15-8-11(13(17)18)5-12(15)16/h1-4,11H,5,7-8H2,(H,17,18). The molecule has 1 saturated heterocycles. The van der Waals surface area contributed by atoms with E-state index in [-0.39, 0.29) is 18.9 Å². The molecule has 1 N–H and O–H groups in total. The summed E-state index contributed by atoms with van der Waals surface area (Å²) in [6.07, 6.45) is 0.0628. The van der Waals surface area contributed by atoms with Crippen LogP contribution in [0.15, 0.2) is 24.3 Å². The first-order chi connectivity index (χ1) is 8.60. The van der Waals surface area contributed by atoms with Crippen LogP contribution in [0, 0.1) is 17.2 Å². The number of benzene rings is 1. The molecule has 0 saturated carbocycles. The van der Waals surface area contributed by atoms with Gasteiger partial charge in [0.1, 0.15) is 0 Å². The molecular formula is C13H12N2O3. The molecule has 1 atom stereocenters. The highest BCUT2D eigenvalue weighted by atomic mass is 16.4. The predicted molar refractivity (Wildman–Crippen MR) is 62.3 cm³/mol. The monoisotopic (exact) mass is 244 g/mol. The van der Waals surface area contributed by atoms with E-state index in [0.29, 0.717) is 12.1 Å². The van der Waals surface area contributed by atoms with Crippen molar-refractivity contribution < 1.29 is 14.7 Å². The van der Waals surface area contributed by atoms with Gasteiger partial charge in [-0.1, -0.05) is 12.1 Å². The minimum Gasteiger partial charge on any atom is -0.481 e. The second-order valence-electron chi connectivity index (χ2n) is 4.33. The first kappa shape index (κ1) is 12.1. The van der Waals surface area contributed by atoms with Crippen molar-refractivity contribution in [3.63, 3.8) is 0 Å². The van der Waals surface area contributed by atoms with Gasteiger partial charge in [-0.3, -0.25) is 9.59 Å². The topological polar surface area (TPSA) is 81.4 Å². The summed E-state index contributed by atoms with van der Waals surface area (Å²) in [6.45, 7) is 0.600. The SMILES string of the molecule is N#Cc1cccc(CN2CC(C(=O)O)CC2=O)c1. The van der Waals surface area contributed by atoms with Gasteiger partial charge in [0.15, 0.2) is 0 Å². The number of nitriles is 1. The van der Waals surface area contributed by atoms with Gasteiger partial charge in [-0.2, -0.15) is 5.26 Å². The molecule has 1 amide bonds. The zero-order chi connectivity index (χ0) is 13.1. The third kappa shape index (κ3) is 2.48. The first-order valence-electron chi connectivity index (χ1n) is 5.60. The van der Waals surface area contributed by atoms with Crippen molar-refractivity contribution in [1.82, 2.24) is 4.90 Å². The second kappa shape index (κ2) is 4.88. The molecule has 0 spiro atoms. The van der Waals surface area contributed by atoms with Gasteiger partial charge in [0.05, 0.1) is 17.6 Å². The molecule has 1 aromatic carbocycles. The van der Waals surface area contributed by atoms with Crippen molar-refractivity contribution in [2.45, 2.75) is 13.0 Å². The van der Waals surface area contributed by atoms with Gasteiger partial charge in [0.2, 0.25) is 5.91 Å². The quantitative estimate of drug-likeness (QED) is 0.859. The molecule has 1 fully saturated rings. The highest BCUT2D eigenvalue weighted by molar-refractivity contribution is 5.86. The van der Waals surface area contributed by atoms with Gasteiger partial charge in [-0.15, -0.1) is 0 Å². The van der Waals surface area contributed by atoms with E-state index in [9.17, 15) is 9.59 Å². The number of rotatable bonds is 3. The van der Waals surface area contributed by atoms with Gasteiger partial charge in [0.25, 0.3) is 0 Å². The van der Waals surface area contributed by atoms with E-state index >= 15 is 0 Å². The molecular weight excluding hydrogens is 232 g/mol. The summed E-state index contributed by atoms with van der Waals surface area (Å²) in [5.74, 6) is -1.70. The maximum Gasteiger partial charge on any atom is 0.308 e. The summed E-state index contributed by atoms with van der Waals surface area (Å²) >= 11 is 0. The fraction of sp³-hybridized carbons (Fsp3) is 0.308. The molecule has 1 unspecified atom stereocenters. The molecule has 2 rings (SSSR count). The van der Waals surface area contributed by atoms with Crippen LogP contribution in [0.2, 0.25) is 0 Å². The summed E-state index contributed by atoms with van der Waals surface area (Å²) in [5, 5.41) is 17.7. The number of aliphatic carboxylic acids is 1. The summed E-state index contributed by atoms with van der Waals surface area (Å²) in [4.78, 5) is 24.0. The number of hydrogen-bond acceptors (Lipinski definition) is 3. The Labute approximate surface area is 104 Å². The molecule has 0 bridgehead atoms. The minimum absolute atomic E-state index is 0.0628. The average molecular weight is 244 g/mol. The van der Waals surface area contributed by atoms with Gasteiger partial charge in [0, 0.05) is 19.5 Å². The van der Waals surface area contributed by atoms with Gasteiger partial charge in [-0.05, 0) is 17.7 Å². The van der Waals surface area contributed by atoms with Crippen LogP contribution in [-0.4, -0.2) is 28.4 Å². The van der Waals surface area contributed by atoms with Crippen LogP contribution in [-0.2, 0) is 16.1 Å². The van der Waals surface area contributed by atoms with Crippen LogP contribution >= 0.6 is 0 Å². The number of carboxylic acid groups (broad SMARTS) is 1. The van der Waals surface area contributed by atoms with Gasteiger partial charge < -0.3 is 10.0 Å². The van der Waals surface area contributed by atoms with Crippen molar-refractivity contribution in [1.29, 1.82) is 5.26 Å². The Morgan fingerprint density at radius 1 is 1.56 bits per heavy atom. The Balaban J connectivity index is 2.08. The van der Waals surface area contributed by atoms with Crippen molar-refractivity contribution in [3.05, 3.63) is 35.4 Å². The number of hydrogen-bond donors (Lipinski definition) is 1. The van der Waals surface area contributed by atoms with E-state index in [2.05, 4.69) is 0 Å². The number of amides is 1. The van der Waals surface area contributed by atoms with Crippen molar-refractivity contribution in [2.75, 3.05) is 6.54 Å². The summed E-state index contributed by atoms with van der Waals surface area (Å²) in [5.41, 5.74) is 1.38.